The molecule has 0 aliphatic rings. The Morgan fingerprint density at radius 1 is 1.33 bits per heavy atom. The number of H-pyrrole nitrogens is 1. The Kier molecular flexibility index (Phi) is 5.41. The van der Waals surface area contributed by atoms with Crippen molar-refractivity contribution in [3.63, 3.8) is 0 Å². The molecule has 9 heteroatoms. The molecule has 0 spiro atoms. The van der Waals surface area contributed by atoms with Crippen LogP contribution in [0.25, 0.3) is 16.7 Å². The minimum absolute atomic E-state index is 0.115. The van der Waals surface area contributed by atoms with Gasteiger partial charge in [-0.25, -0.2) is 4.79 Å². The minimum atomic E-state index is -0.358. The molecule has 3 rings (SSSR count). The summed E-state index contributed by atoms with van der Waals surface area (Å²) >= 11 is 0. The molecule has 0 aliphatic heterocycles. The summed E-state index contributed by atoms with van der Waals surface area (Å²) in [7, 11) is 0. The number of nitrogens with zero attached hydrogens (tertiary/aromatic N) is 3. The molecule has 142 valence electrons. The molecule has 2 heterocycles. The number of fused-ring (bicyclic) bond motifs is 1. The molecule has 27 heavy (non-hydrogen) atoms. The number of rotatable bonds is 7. The number of aromatic amines is 1. The van der Waals surface area contributed by atoms with Crippen LogP contribution in [0.3, 0.4) is 0 Å². The second kappa shape index (κ2) is 7.92. The van der Waals surface area contributed by atoms with E-state index >= 15 is 0 Å². The lowest BCUT2D eigenvalue weighted by atomic mass is 10.1. The zero-order valence-corrected chi connectivity index (χ0v) is 15.1. The van der Waals surface area contributed by atoms with Crippen molar-refractivity contribution in [3.05, 3.63) is 52.6 Å². The van der Waals surface area contributed by atoms with Gasteiger partial charge in [0, 0.05) is 24.2 Å². The highest BCUT2D eigenvalue weighted by Gasteiger charge is 2.08. The molecule has 0 saturated heterocycles. The van der Waals surface area contributed by atoms with Crippen LogP contribution in [-0.4, -0.2) is 33.6 Å². The maximum absolute atomic E-state index is 12.3. The first kappa shape index (κ1) is 18.5. The standard InChI is InChI=1S/C18H24N8O/c1-11(22-7-2-8-23-17(20)21)12-3-5-14(6-4-12)26-10-13-9-15(19)24-16(13)25-18(26)27/h3-6,9-11,22H,2,7-8,19H2,1H3,(H4,20,21,23)(H,24,25,27)/t11-/m0/s1. The fourth-order valence-corrected chi connectivity index (χ4v) is 2.85. The van der Waals surface area contributed by atoms with Crippen molar-refractivity contribution < 1.29 is 0 Å². The summed E-state index contributed by atoms with van der Waals surface area (Å²) in [6, 6.07) is 9.70. The summed E-state index contributed by atoms with van der Waals surface area (Å²) < 4.78 is 1.51. The van der Waals surface area contributed by atoms with E-state index in [1.165, 1.54) is 4.57 Å². The molecule has 0 aliphatic carbocycles. The van der Waals surface area contributed by atoms with Gasteiger partial charge in [-0.2, -0.15) is 4.98 Å². The highest BCUT2D eigenvalue weighted by Crippen LogP contribution is 2.17. The lowest BCUT2D eigenvalue weighted by Crippen LogP contribution is -2.24. The van der Waals surface area contributed by atoms with Crippen LogP contribution in [0.4, 0.5) is 5.82 Å². The first-order chi connectivity index (χ1) is 12.9. The van der Waals surface area contributed by atoms with E-state index in [1.54, 1.807) is 12.3 Å². The van der Waals surface area contributed by atoms with Crippen molar-refractivity contribution in [3.8, 4) is 5.69 Å². The van der Waals surface area contributed by atoms with E-state index in [0.717, 1.165) is 29.6 Å². The number of nitrogen functional groups attached to an aromatic ring is 1. The van der Waals surface area contributed by atoms with Crippen LogP contribution in [-0.2, 0) is 0 Å². The highest BCUT2D eigenvalue weighted by atomic mass is 16.1. The van der Waals surface area contributed by atoms with E-state index in [4.69, 9.17) is 17.2 Å². The smallest absolute Gasteiger partial charge is 0.354 e. The van der Waals surface area contributed by atoms with Crippen LogP contribution >= 0.6 is 0 Å². The van der Waals surface area contributed by atoms with Crippen molar-refractivity contribution in [1.29, 1.82) is 0 Å². The van der Waals surface area contributed by atoms with Gasteiger partial charge in [-0.1, -0.05) is 12.1 Å². The largest absolute Gasteiger partial charge is 0.385 e. The number of hydrogen-bond acceptors (Lipinski definition) is 5. The van der Waals surface area contributed by atoms with E-state index in [9.17, 15) is 4.79 Å². The summed E-state index contributed by atoms with van der Waals surface area (Å²) in [6.07, 6.45) is 2.58. The molecule has 0 fully saturated rings. The van der Waals surface area contributed by atoms with Gasteiger partial charge in [0.2, 0.25) is 0 Å². The molecule has 1 atom stereocenters. The highest BCUT2D eigenvalue weighted by molar-refractivity contribution is 5.79. The number of hydrogen-bond donors (Lipinski definition) is 5. The van der Waals surface area contributed by atoms with Crippen molar-refractivity contribution in [2.75, 3.05) is 18.8 Å². The van der Waals surface area contributed by atoms with Gasteiger partial charge < -0.3 is 27.5 Å². The maximum atomic E-state index is 12.3. The molecule has 0 amide bonds. The zero-order chi connectivity index (χ0) is 19.4. The van der Waals surface area contributed by atoms with E-state index in [2.05, 4.69) is 27.2 Å². The Morgan fingerprint density at radius 2 is 2.07 bits per heavy atom. The van der Waals surface area contributed by atoms with Crippen molar-refractivity contribution >= 4 is 22.8 Å². The van der Waals surface area contributed by atoms with Crippen LogP contribution < -0.4 is 28.2 Å². The molecule has 0 unspecified atom stereocenters. The number of aliphatic imine (C=N–C) groups is 1. The van der Waals surface area contributed by atoms with Gasteiger partial charge in [0.25, 0.3) is 0 Å². The SMILES string of the molecule is C[C@H](NCCCN=C(N)N)c1ccc(-n2cc3cc(N)[nH]c3nc2=O)cc1. The fraction of sp³-hybridized carbons (Fsp3) is 0.278. The topological polar surface area (TPSA) is 153 Å². The quantitative estimate of drug-likeness (QED) is 0.234. The first-order valence-electron chi connectivity index (χ1n) is 8.71. The van der Waals surface area contributed by atoms with Gasteiger partial charge in [0.1, 0.15) is 11.5 Å². The molecule has 3 aromatic rings. The van der Waals surface area contributed by atoms with E-state index in [0.29, 0.717) is 18.0 Å². The summed E-state index contributed by atoms with van der Waals surface area (Å²) in [5, 5.41) is 4.20. The Morgan fingerprint density at radius 3 is 2.78 bits per heavy atom. The Labute approximate surface area is 156 Å². The lowest BCUT2D eigenvalue weighted by Gasteiger charge is -2.15. The predicted molar refractivity (Wildman–Crippen MR) is 108 cm³/mol. The third-order valence-electron chi connectivity index (χ3n) is 4.28. The molecule has 0 radical (unpaired) electrons. The van der Waals surface area contributed by atoms with Gasteiger partial charge in [-0.15, -0.1) is 0 Å². The Balaban J connectivity index is 1.69. The summed E-state index contributed by atoms with van der Waals surface area (Å²) in [5.41, 5.74) is 18.3. The normalized spacial score (nSPS) is 12.2. The lowest BCUT2D eigenvalue weighted by molar-refractivity contribution is 0.562. The zero-order valence-electron chi connectivity index (χ0n) is 15.1. The van der Waals surface area contributed by atoms with Crippen molar-refractivity contribution in [2.24, 2.45) is 16.5 Å². The first-order valence-corrected chi connectivity index (χ1v) is 8.71. The minimum Gasteiger partial charge on any atom is -0.385 e. The van der Waals surface area contributed by atoms with Crippen molar-refractivity contribution in [1.82, 2.24) is 19.9 Å². The Bertz CT molecular complexity index is 998. The average molecular weight is 368 g/mol. The number of benzene rings is 1. The second-order valence-electron chi connectivity index (χ2n) is 6.35. The maximum Gasteiger partial charge on any atom is 0.354 e. The number of aromatic nitrogens is 3. The number of nitrogens with one attached hydrogen (secondary N) is 2. The molecular formula is C18H24N8O. The number of guanidine groups is 1. The second-order valence-corrected chi connectivity index (χ2v) is 6.35. The summed E-state index contributed by atoms with van der Waals surface area (Å²) in [6.45, 7) is 3.48. The third kappa shape index (κ3) is 4.45. The monoisotopic (exact) mass is 368 g/mol. The third-order valence-corrected chi connectivity index (χ3v) is 4.28. The number of nitrogens with two attached hydrogens (primary N) is 3. The van der Waals surface area contributed by atoms with Gasteiger partial charge >= 0.3 is 5.69 Å². The van der Waals surface area contributed by atoms with Crippen LogP contribution in [0.2, 0.25) is 0 Å². The van der Waals surface area contributed by atoms with Crippen LogP contribution in [0.5, 0.6) is 0 Å². The van der Waals surface area contributed by atoms with Gasteiger partial charge in [0.05, 0.1) is 5.69 Å². The summed E-state index contributed by atoms with van der Waals surface area (Å²) in [5.74, 6) is 0.591. The van der Waals surface area contributed by atoms with E-state index < -0.39 is 0 Å². The molecule has 1 aromatic carbocycles. The summed E-state index contributed by atoms with van der Waals surface area (Å²) in [4.78, 5) is 23.1. The van der Waals surface area contributed by atoms with Gasteiger partial charge in [-0.3, -0.25) is 9.56 Å². The van der Waals surface area contributed by atoms with Crippen molar-refractivity contribution in [2.45, 2.75) is 19.4 Å². The molecule has 0 saturated carbocycles. The molecule has 9 nitrogen and oxygen atoms in total. The molecule has 2 aromatic heterocycles. The predicted octanol–water partition coefficient (Wildman–Crippen LogP) is 0.610. The van der Waals surface area contributed by atoms with Crippen LogP contribution in [0.15, 0.2) is 46.3 Å². The van der Waals surface area contributed by atoms with E-state index in [-0.39, 0.29) is 17.7 Å². The Hall–Kier alpha value is -3.33. The van der Waals surface area contributed by atoms with E-state index in [1.807, 2.05) is 24.3 Å². The molecular weight excluding hydrogens is 344 g/mol. The number of anilines is 1. The molecule has 8 N–H and O–H groups in total. The molecule has 0 bridgehead atoms. The van der Waals surface area contributed by atoms with Gasteiger partial charge in [-0.05, 0) is 43.7 Å². The average Bonchev–Trinajstić information content (AvgIpc) is 2.99. The fourth-order valence-electron chi connectivity index (χ4n) is 2.85. The van der Waals surface area contributed by atoms with Crippen LogP contribution in [0.1, 0.15) is 24.9 Å². The van der Waals surface area contributed by atoms with Gasteiger partial charge in [0.15, 0.2) is 5.96 Å². The van der Waals surface area contributed by atoms with Crippen LogP contribution in [0, 0.1) is 0 Å².